The molecule has 0 aliphatic heterocycles. The van der Waals surface area contributed by atoms with Gasteiger partial charge in [0.05, 0.1) is 0 Å². The zero-order chi connectivity index (χ0) is 25.0. The number of alkyl carbamates (subject to hydrolysis) is 1. The molecule has 0 bridgehead atoms. The Labute approximate surface area is 194 Å². The molecule has 2 aromatic carbocycles. The maximum absolute atomic E-state index is 13.4. The minimum atomic E-state index is -5.00. The van der Waals surface area contributed by atoms with Gasteiger partial charge in [0.2, 0.25) is 5.91 Å². The first-order chi connectivity index (χ1) is 16.0. The van der Waals surface area contributed by atoms with Gasteiger partial charge in [-0.3, -0.25) is 4.79 Å². The van der Waals surface area contributed by atoms with Crippen molar-refractivity contribution in [1.29, 1.82) is 0 Å². The minimum Gasteiger partial charge on any atom is -0.480 e. The van der Waals surface area contributed by atoms with E-state index in [0.717, 1.165) is 22.3 Å². The first-order valence-corrected chi connectivity index (χ1v) is 10.7. The molecule has 2 unspecified atom stereocenters. The second-order valence-electron chi connectivity index (χ2n) is 8.37. The predicted octanol–water partition coefficient (Wildman–Crippen LogP) is 3.93. The fraction of sp³-hybridized carbons (Fsp3) is 0.375. The molecule has 0 radical (unpaired) electrons. The summed E-state index contributed by atoms with van der Waals surface area (Å²) in [7, 11) is 0. The fourth-order valence-electron chi connectivity index (χ4n) is 3.96. The van der Waals surface area contributed by atoms with Crippen molar-refractivity contribution in [3.63, 3.8) is 0 Å². The highest BCUT2D eigenvalue weighted by atomic mass is 19.4. The molecule has 1 aliphatic rings. The number of aliphatic carboxylic acids is 1. The Morgan fingerprint density at radius 1 is 1.00 bits per heavy atom. The van der Waals surface area contributed by atoms with Crippen LogP contribution in [0.25, 0.3) is 11.1 Å². The summed E-state index contributed by atoms with van der Waals surface area (Å²) in [6, 6.07) is 13.7. The first kappa shape index (κ1) is 25.1. The summed E-state index contributed by atoms with van der Waals surface area (Å²) in [6.45, 7) is 1.72. The minimum absolute atomic E-state index is 0.100. The number of hydrogen-bond acceptors (Lipinski definition) is 4. The zero-order valence-corrected chi connectivity index (χ0v) is 18.6. The maximum atomic E-state index is 13.4. The highest BCUT2D eigenvalue weighted by Gasteiger charge is 2.46. The molecule has 2 amide bonds. The lowest BCUT2D eigenvalue weighted by Gasteiger charge is -2.24. The molecule has 0 saturated heterocycles. The van der Waals surface area contributed by atoms with Crippen molar-refractivity contribution in [3.05, 3.63) is 59.7 Å². The zero-order valence-electron chi connectivity index (χ0n) is 18.6. The number of hydrogen-bond donors (Lipinski definition) is 3. The van der Waals surface area contributed by atoms with Crippen LogP contribution in [-0.4, -0.2) is 48.4 Å². The van der Waals surface area contributed by atoms with Gasteiger partial charge in [0.25, 0.3) is 0 Å². The third kappa shape index (κ3) is 5.49. The topological polar surface area (TPSA) is 105 Å². The predicted molar refractivity (Wildman–Crippen MR) is 117 cm³/mol. The number of ether oxygens (including phenoxy) is 1. The van der Waals surface area contributed by atoms with E-state index in [1.807, 2.05) is 59.2 Å². The summed E-state index contributed by atoms with van der Waals surface area (Å²) in [5.74, 6) is -6.53. The highest BCUT2D eigenvalue weighted by Crippen LogP contribution is 2.44. The number of carbonyl (C=O) groups excluding carboxylic acids is 2. The lowest BCUT2D eigenvalue weighted by atomic mass is 9.98. The van der Waals surface area contributed by atoms with Gasteiger partial charge >= 0.3 is 18.2 Å². The third-order valence-electron chi connectivity index (χ3n) is 5.74. The number of carboxylic acid groups (broad SMARTS) is 1. The number of halogens is 3. The molecular weight excluding hydrogens is 453 g/mol. The number of benzene rings is 2. The van der Waals surface area contributed by atoms with Crippen LogP contribution in [0.5, 0.6) is 0 Å². The lowest BCUT2D eigenvalue weighted by Crippen LogP contribution is -2.52. The van der Waals surface area contributed by atoms with Crippen LogP contribution in [0.1, 0.15) is 30.9 Å². The first-order valence-electron chi connectivity index (χ1n) is 10.7. The van der Waals surface area contributed by atoms with Crippen LogP contribution in [0.4, 0.5) is 18.0 Å². The normalized spacial score (nSPS) is 14.6. The molecule has 10 heteroatoms. The van der Waals surface area contributed by atoms with Crippen molar-refractivity contribution >= 4 is 18.0 Å². The van der Waals surface area contributed by atoms with Gasteiger partial charge in [-0.25, -0.2) is 9.59 Å². The second kappa shape index (κ2) is 10.1. The molecule has 1 aliphatic carbocycles. The molecule has 2 atom stereocenters. The SMILES string of the molecule is CC(C)C(NC(=O)C(CNC(=O)OCC1c2ccccc2-c2ccccc21)C(F)(F)F)C(=O)O. The Morgan fingerprint density at radius 3 is 2.00 bits per heavy atom. The van der Waals surface area contributed by atoms with E-state index in [1.165, 1.54) is 13.8 Å². The Hall–Kier alpha value is -3.56. The molecule has 7 nitrogen and oxygen atoms in total. The maximum Gasteiger partial charge on any atom is 0.407 e. The smallest absolute Gasteiger partial charge is 0.407 e. The van der Waals surface area contributed by atoms with Gasteiger partial charge in [-0.2, -0.15) is 13.2 Å². The standard InChI is InChI=1S/C24H25F3N2O5/c1-13(2)20(22(31)32)29-21(30)19(24(25,26)27)11-28-23(33)34-12-18-16-9-5-3-7-14(16)15-8-4-6-10-17(15)18/h3-10,13,18-20H,11-12H2,1-2H3,(H,28,33)(H,29,30)(H,31,32). The Balaban J connectivity index is 1.63. The van der Waals surface area contributed by atoms with E-state index in [2.05, 4.69) is 0 Å². The van der Waals surface area contributed by atoms with Crippen molar-refractivity contribution in [2.75, 3.05) is 13.2 Å². The van der Waals surface area contributed by atoms with Crippen molar-refractivity contribution in [2.24, 2.45) is 11.8 Å². The average molecular weight is 478 g/mol. The molecule has 0 aromatic heterocycles. The van der Waals surface area contributed by atoms with E-state index in [4.69, 9.17) is 9.84 Å². The van der Waals surface area contributed by atoms with Crippen LogP contribution < -0.4 is 10.6 Å². The molecule has 182 valence electrons. The summed E-state index contributed by atoms with van der Waals surface area (Å²) in [4.78, 5) is 35.6. The number of fused-ring (bicyclic) bond motifs is 3. The lowest BCUT2D eigenvalue weighted by molar-refractivity contribution is -0.182. The molecule has 0 saturated carbocycles. The Kier molecular flexibility index (Phi) is 7.48. The van der Waals surface area contributed by atoms with Crippen molar-refractivity contribution in [2.45, 2.75) is 32.0 Å². The van der Waals surface area contributed by atoms with Gasteiger partial charge in [0, 0.05) is 12.5 Å². The molecule has 3 rings (SSSR count). The Bertz CT molecular complexity index is 1030. The van der Waals surface area contributed by atoms with E-state index in [0.29, 0.717) is 0 Å². The highest BCUT2D eigenvalue weighted by molar-refractivity contribution is 5.86. The van der Waals surface area contributed by atoms with Gasteiger partial charge in [0.15, 0.2) is 5.92 Å². The van der Waals surface area contributed by atoms with Crippen LogP contribution in [0.3, 0.4) is 0 Å². The van der Waals surface area contributed by atoms with Crippen molar-refractivity contribution in [3.8, 4) is 11.1 Å². The number of carboxylic acids is 1. The van der Waals surface area contributed by atoms with Crippen LogP contribution in [-0.2, 0) is 14.3 Å². The number of nitrogens with one attached hydrogen (secondary N) is 2. The van der Waals surface area contributed by atoms with Gasteiger partial charge in [-0.1, -0.05) is 62.4 Å². The largest absolute Gasteiger partial charge is 0.480 e. The van der Waals surface area contributed by atoms with Crippen LogP contribution >= 0.6 is 0 Å². The number of carbonyl (C=O) groups is 3. The molecule has 3 N–H and O–H groups in total. The van der Waals surface area contributed by atoms with Gasteiger partial charge in [0.1, 0.15) is 12.6 Å². The fourth-order valence-corrected chi connectivity index (χ4v) is 3.96. The molecule has 0 spiro atoms. The van der Waals surface area contributed by atoms with Crippen molar-refractivity contribution in [1.82, 2.24) is 10.6 Å². The number of amides is 2. The number of rotatable bonds is 8. The summed E-state index contributed by atoms with van der Waals surface area (Å²) in [5, 5.41) is 13.0. The number of alkyl halides is 3. The average Bonchev–Trinajstić information content (AvgIpc) is 3.08. The van der Waals surface area contributed by atoms with Crippen LogP contribution in [0, 0.1) is 11.8 Å². The molecule has 0 fully saturated rings. The van der Waals surface area contributed by atoms with E-state index in [1.54, 1.807) is 0 Å². The van der Waals surface area contributed by atoms with Crippen LogP contribution in [0.2, 0.25) is 0 Å². The van der Waals surface area contributed by atoms with Gasteiger partial charge in [-0.15, -0.1) is 0 Å². The van der Waals surface area contributed by atoms with Crippen molar-refractivity contribution < 1.29 is 37.4 Å². The quantitative estimate of drug-likeness (QED) is 0.533. The summed E-state index contributed by atoms with van der Waals surface area (Å²) >= 11 is 0. The van der Waals surface area contributed by atoms with E-state index in [-0.39, 0.29) is 12.5 Å². The summed E-state index contributed by atoms with van der Waals surface area (Å²) in [5.41, 5.74) is 3.88. The van der Waals surface area contributed by atoms with E-state index in [9.17, 15) is 27.6 Å². The molecule has 2 aromatic rings. The molecule has 34 heavy (non-hydrogen) atoms. The monoisotopic (exact) mass is 478 g/mol. The van der Waals surface area contributed by atoms with Gasteiger partial charge in [-0.05, 0) is 28.2 Å². The Morgan fingerprint density at radius 2 is 1.53 bits per heavy atom. The van der Waals surface area contributed by atoms with Gasteiger partial charge < -0.3 is 20.5 Å². The summed E-state index contributed by atoms with van der Waals surface area (Å²) < 4.78 is 45.5. The third-order valence-corrected chi connectivity index (χ3v) is 5.74. The molecular formula is C24H25F3N2O5. The summed E-state index contributed by atoms with van der Waals surface area (Å²) in [6.07, 6.45) is -6.11. The molecule has 0 heterocycles. The van der Waals surface area contributed by atoms with E-state index < -0.39 is 48.6 Å². The van der Waals surface area contributed by atoms with Crippen LogP contribution in [0.15, 0.2) is 48.5 Å². The van der Waals surface area contributed by atoms with E-state index >= 15 is 0 Å². The second-order valence-corrected chi connectivity index (χ2v) is 8.37.